The zero-order chi connectivity index (χ0) is 24.6. The summed E-state index contributed by atoms with van der Waals surface area (Å²) in [4.78, 5) is 34.9. The van der Waals surface area contributed by atoms with Gasteiger partial charge in [-0.2, -0.15) is 10.1 Å². The largest absolute Gasteiger partial charge is 0.478 e. The molecule has 0 aliphatic carbocycles. The SMILES string of the molecule is O=C(O)c1ccc2occ(/C=N/Nc3nc4c(c(N5CCOCC5)n3)CS(=O)(=O)CC4)c(=O)c2c1. The Hall–Kier alpha value is -3.84. The van der Waals surface area contributed by atoms with Gasteiger partial charge in [0.2, 0.25) is 11.4 Å². The summed E-state index contributed by atoms with van der Waals surface area (Å²) in [5.74, 6) is -0.557. The van der Waals surface area contributed by atoms with Crippen molar-refractivity contribution in [1.29, 1.82) is 0 Å². The molecule has 2 aliphatic heterocycles. The van der Waals surface area contributed by atoms with E-state index in [0.29, 0.717) is 43.4 Å². The normalized spacial score (nSPS) is 17.4. The summed E-state index contributed by atoms with van der Waals surface area (Å²) < 4.78 is 35.3. The predicted molar refractivity (Wildman–Crippen MR) is 127 cm³/mol. The lowest BCUT2D eigenvalue weighted by atomic mass is 10.1. The monoisotopic (exact) mass is 499 g/mol. The quantitative estimate of drug-likeness (QED) is 0.380. The summed E-state index contributed by atoms with van der Waals surface area (Å²) in [6.07, 6.45) is 2.74. The van der Waals surface area contributed by atoms with Crippen LogP contribution < -0.4 is 15.8 Å². The molecule has 35 heavy (non-hydrogen) atoms. The van der Waals surface area contributed by atoms with E-state index in [9.17, 15) is 23.1 Å². The van der Waals surface area contributed by atoms with Crippen LogP contribution in [0.5, 0.6) is 0 Å². The summed E-state index contributed by atoms with van der Waals surface area (Å²) in [5.41, 5.74) is 3.84. The maximum absolute atomic E-state index is 12.8. The zero-order valence-corrected chi connectivity index (χ0v) is 19.2. The first-order chi connectivity index (χ1) is 16.8. The highest BCUT2D eigenvalue weighted by Crippen LogP contribution is 2.29. The number of benzene rings is 1. The Morgan fingerprint density at radius 2 is 2.03 bits per heavy atom. The second-order valence-electron chi connectivity index (χ2n) is 8.14. The molecule has 0 bridgehead atoms. The minimum Gasteiger partial charge on any atom is -0.478 e. The van der Waals surface area contributed by atoms with Crippen LogP contribution in [0, 0.1) is 0 Å². The second kappa shape index (κ2) is 9.07. The number of morpholine rings is 1. The summed E-state index contributed by atoms with van der Waals surface area (Å²) in [7, 11) is -3.22. The number of hydrogen-bond donors (Lipinski definition) is 2. The number of hydrazone groups is 1. The number of nitrogens with one attached hydrogen (secondary N) is 1. The highest BCUT2D eigenvalue weighted by atomic mass is 32.2. The van der Waals surface area contributed by atoms with E-state index in [1.807, 2.05) is 4.90 Å². The van der Waals surface area contributed by atoms with E-state index in [-0.39, 0.29) is 46.0 Å². The van der Waals surface area contributed by atoms with Crippen LogP contribution in [0.4, 0.5) is 11.8 Å². The van der Waals surface area contributed by atoms with E-state index in [0.717, 1.165) is 0 Å². The Kier molecular flexibility index (Phi) is 5.94. The standard InChI is InChI=1S/C22H21N5O7S/c28-19-14(11-34-18-2-1-13(21(29)30)9-15(18)19)10-23-26-22-24-17-3-8-35(31,32)12-16(17)20(25-22)27-4-6-33-7-5-27/h1-2,9-11H,3-8,12H2,(H,29,30)(H,24,25,26)/b23-10+. The van der Waals surface area contributed by atoms with Gasteiger partial charge in [0.1, 0.15) is 17.7 Å². The van der Waals surface area contributed by atoms with Gasteiger partial charge in [-0.15, -0.1) is 0 Å². The number of aromatic carboxylic acids is 1. The number of aryl methyl sites for hydroxylation is 1. The average Bonchev–Trinajstić information content (AvgIpc) is 2.85. The van der Waals surface area contributed by atoms with Crippen molar-refractivity contribution >= 4 is 44.8 Å². The van der Waals surface area contributed by atoms with Crippen LogP contribution in [-0.4, -0.2) is 67.7 Å². The van der Waals surface area contributed by atoms with E-state index in [1.54, 1.807) is 0 Å². The van der Waals surface area contributed by atoms with Crippen molar-refractivity contribution in [1.82, 2.24) is 9.97 Å². The molecule has 1 aromatic carbocycles. The molecule has 1 saturated heterocycles. The van der Waals surface area contributed by atoms with Crippen molar-refractivity contribution in [2.75, 3.05) is 42.4 Å². The molecule has 13 heteroatoms. The molecule has 3 aromatic rings. The number of aromatic nitrogens is 2. The number of fused-ring (bicyclic) bond motifs is 2. The first-order valence-electron chi connectivity index (χ1n) is 10.8. The molecular weight excluding hydrogens is 478 g/mol. The number of carbonyl (C=O) groups is 1. The predicted octanol–water partition coefficient (Wildman–Crippen LogP) is 1.03. The Bertz CT molecular complexity index is 1510. The Morgan fingerprint density at radius 1 is 1.23 bits per heavy atom. The van der Waals surface area contributed by atoms with E-state index < -0.39 is 21.2 Å². The van der Waals surface area contributed by atoms with Gasteiger partial charge in [0.25, 0.3) is 0 Å². The number of hydrogen-bond acceptors (Lipinski definition) is 11. The lowest BCUT2D eigenvalue weighted by Gasteiger charge is -2.31. The number of sulfone groups is 1. The molecule has 5 rings (SSSR count). The molecular formula is C22H21N5O7S. The van der Waals surface area contributed by atoms with Crippen LogP contribution in [0.1, 0.15) is 27.2 Å². The van der Waals surface area contributed by atoms with Crippen molar-refractivity contribution < 1.29 is 27.5 Å². The van der Waals surface area contributed by atoms with Crippen molar-refractivity contribution in [2.45, 2.75) is 12.2 Å². The molecule has 2 N–H and O–H groups in total. The van der Waals surface area contributed by atoms with Crippen LogP contribution in [0.2, 0.25) is 0 Å². The van der Waals surface area contributed by atoms with Crippen LogP contribution in [0.3, 0.4) is 0 Å². The molecule has 0 radical (unpaired) electrons. The number of carboxylic acid groups (broad SMARTS) is 1. The third-order valence-corrected chi connectivity index (χ3v) is 7.36. The fourth-order valence-electron chi connectivity index (χ4n) is 4.03. The minimum atomic E-state index is -3.22. The van der Waals surface area contributed by atoms with Crippen molar-refractivity contribution in [2.24, 2.45) is 5.10 Å². The molecule has 0 saturated carbocycles. The molecule has 1 fully saturated rings. The number of rotatable bonds is 5. The smallest absolute Gasteiger partial charge is 0.335 e. The molecule has 4 heterocycles. The van der Waals surface area contributed by atoms with E-state index in [1.165, 1.54) is 30.7 Å². The van der Waals surface area contributed by atoms with Gasteiger partial charge in [0.15, 0.2) is 9.84 Å². The van der Waals surface area contributed by atoms with Crippen LogP contribution in [-0.2, 0) is 26.7 Å². The third kappa shape index (κ3) is 4.72. The van der Waals surface area contributed by atoms with Gasteiger partial charge < -0.3 is 19.2 Å². The van der Waals surface area contributed by atoms with Gasteiger partial charge in [0.05, 0.1) is 53.1 Å². The first-order valence-corrected chi connectivity index (χ1v) is 12.6. The molecule has 0 unspecified atom stereocenters. The van der Waals surface area contributed by atoms with Crippen LogP contribution >= 0.6 is 0 Å². The Morgan fingerprint density at radius 3 is 2.80 bits per heavy atom. The maximum atomic E-state index is 12.8. The van der Waals surface area contributed by atoms with Gasteiger partial charge in [0, 0.05) is 25.1 Å². The number of nitrogens with zero attached hydrogens (tertiary/aromatic N) is 4. The topological polar surface area (TPSA) is 164 Å². The van der Waals surface area contributed by atoms with Crippen molar-refractivity contribution in [3.05, 3.63) is 57.1 Å². The average molecular weight is 500 g/mol. The summed E-state index contributed by atoms with van der Waals surface area (Å²) in [5, 5.41) is 13.4. The van der Waals surface area contributed by atoms with E-state index in [4.69, 9.17) is 9.15 Å². The molecule has 2 aromatic heterocycles. The summed E-state index contributed by atoms with van der Waals surface area (Å²) in [6.45, 7) is 2.16. The van der Waals surface area contributed by atoms with Crippen molar-refractivity contribution in [3.63, 3.8) is 0 Å². The van der Waals surface area contributed by atoms with Gasteiger partial charge in [-0.25, -0.2) is 23.6 Å². The van der Waals surface area contributed by atoms with Gasteiger partial charge in [-0.3, -0.25) is 4.79 Å². The van der Waals surface area contributed by atoms with Crippen molar-refractivity contribution in [3.8, 4) is 0 Å². The molecule has 182 valence electrons. The molecule has 2 aliphatic rings. The zero-order valence-electron chi connectivity index (χ0n) is 18.4. The van der Waals surface area contributed by atoms with Crippen LogP contribution in [0.25, 0.3) is 11.0 Å². The number of carboxylic acids is 1. The second-order valence-corrected chi connectivity index (χ2v) is 10.3. The number of ether oxygens (including phenoxy) is 1. The first kappa shape index (κ1) is 22.9. The van der Waals surface area contributed by atoms with Crippen LogP contribution in [0.15, 0.2) is 38.8 Å². The minimum absolute atomic E-state index is 0.0126. The van der Waals surface area contributed by atoms with Gasteiger partial charge in [-0.1, -0.05) is 0 Å². The Balaban J connectivity index is 1.45. The third-order valence-electron chi connectivity index (χ3n) is 5.81. The highest BCUT2D eigenvalue weighted by Gasteiger charge is 2.29. The summed E-state index contributed by atoms with van der Waals surface area (Å²) >= 11 is 0. The fraction of sp³-hybridized carbons (Fsp3) is 0.318. The lowest BCUT2D eigenvalue weighted by molar-refractivity contribution is 0.0697. The molecule has 0 amide bonds. The fourth-order valence-corrected chi connectivity index (χ4v) is 5.41. The maximum Gasteiger partial charge on any atom is 0.335 e. The highest BCUT2D eigenvalue weighted by molar-refractivity contribution is 7.90. The van der Waals surface area contributed by atoms with Gasteiger partial charge >= 0.3 is 5.97 Å². The lowest BCUT2D eigenvalue weighted by Crippen LogP contribution is -2.38. The summed E-state index contributed by atoms with van der Waals surface area (Å²) in [6, 6.07) is 4.03. The number of anilines is 2. The van der Waals surface area contributed by atoms with E-state index in [2.05, 4.69) is 20.5 Å². The van der Waals surface area contributed by atoms with Gasteiger partial charge in [-0.05, 0) is 18.2 Å². The molecule has 0 spiro atoms. The Labute approximate surface area is 199 Å². The molecule has 12 nitrogen and oxygen atoms in total. The van der Waals surface area contributed by atoms with E-state index >= 15 is 0 Å². The molecule has 0 atom stereocenters.